The Balaban J connectivity index is 1.29. The van der Waals surface area contributed by atoms with Gasteiger partial charge in [-0.25, -0.2) is 0 Å². The van der Waals surface area contributed by atoms with Crippen LogP contribution in [-0.4, -0.2) is 75.6 Å². The molecule has 0 spiro atoms. The molecule has 134 valence electrons. The molecule has 2 fully saturated rings. The molecule has 0 saturated carbocycles. The van der Waals surface area contributed by atoms with Crippen LogP contribution in [0.15, 0.2) is 24.3 Å². The molecular formula is C19H30N2O3. The van der Waals surface area contributed by atoms with Crippen molar-refractivity contribution in [1.82, 2.24) is 9.80 Å². The predicted octanol–water partition coefficient (Wildman–Crippen LogP) is 2.01. The molecule has 0 radical (unpaired) electrons. The van der Waals surface area contributed by atoms with E-state index in [4.69, 9.17) is 14.2 Å². The number of benzene rings is 1. The first kappa shape index (κ1) is 17.7. The molecule has 2 aliphatic heterocycles. The quantitative estimate of drug-likeness (QED) is 0.680. The molecule has 0 bridgehead atoms. The Kier molecular flexibility index (Phi) is 6.90. The normalized spacial score (nSPS) is 22.8. The third kappa shape index (κ3) is 5.45. The van der Waals surface area contributed by atoms with Crippen molar-refractivity contribution in [2.75, 3.05) is 59.7 Å². The highest BCUT2D eigenvalue weighted by molar-refractivity contribution is 5.27. The van der Waals surface area contributed by atoms with E-state index in [0.29, 0.717) is 6.10 Å². The fourth-order valence-corrected chi connectivity index (χ4v) is 3.34. The highest BCUT2D eigenvalue weighted by atomic mass is 16.5. The van der Waals surface area contributed by atoms with Crippen molar-refractivity contribution in [3.05, 3.63) is 29.8 Å². The van der Waals surface area contributed by atoms with Crippen molar-refractivity contribution in [1.29, 1.82) is 0 Å². The predicted molar refractivity (Wildman–Crippen MR) is 94.5 cm³/mol. The van der Waals surface area contributed by atoms with E-state index in [1.807, 2.05) is 12.1 Å². The number of ether oxygens (including phenoxy) is 3. The average Bonchev–Trinajstić information content (AvgIpc) is 3.14. The van der Waals surface area contributed by atoms with Gasteiger partial charge in [0.25, 0.3) is 0 Å². The Morgan fingerprint density at radius 2 is 1.83 bits per heavy atom. The molecular weight excluding hydrogens is 304 g/mol. The molecule has 3 rings (SSSR count). The molecule has 0 N–H and O–H groups in total. The molecule has 1 aromatic carbocycles. The second-order valence-electron chi connectivity index (χ2n) is 6.68. The highest BCUT2D eigenvalue weighted by Crippen LogP contribution is 2.14. The van der Waals surface area contributed by atoms with Crippen LogP contribution in [0.2, 0.25) is 0 Å². The molecule has 0 aromatic heterocycles. The zero-order chi connectivity index (χ0) is 16.6. The molecule has 24 heavy (non-hydrogen) atoms. The lowest BCUT2D eigenvalue weighted by Gasteiger charge is -2.34. The van der Waals surface area contributed by atoms with Crippen LogP contribution in [0.5, 0.6) is 5.75 Å². The van der Waals surface area contributed by atoms with Gasteiger partial charge in [0.2, 0.25) is 0 Å². The van der Waals surface area contributed by atoms with E-state index >= 15 is 0 Å². The van der Waals surface area contributed by atoms with Crippen LogP contribution in [0, 0.1) is 0 Å². The van der Waals surface area contributed by atoms with Crippen LogP contribution >= 0.6 is 0 Å². The topological polar surface area (TPSA) is 34.2 Å². The maximum Gasteiger partial charge on any atom is 0.118 e. The number of nitrogens with zero attached hydrogens (tertiary/aromatic N) is 2. The lowest BCUT2D eigenvalue weighted by atomic mass is 10.2. The minimum atomic E-state index is 0.339. The zero-order valence-corrected chi connectivity index (χ0v) is 14.8. The first-order valence-corrected chi connectivity index (χ1v) is 9.10. The van der Waals surface area contributed by atoms with Gasteiger partial charge in [-0.1, -0.05) is 12.1 Å². The molecule has 1 atom stereocenters. The third-order valence-corrected chi connectivity index (χ3v) is 4.91. The van der Waals surface area contributed by atoms with E-state index in [9.17, 15) is 0 Å². The van der Waals surface area contributed by atoms with E-state index < -0.39 is 0 Å². The zero-order valence-electron chi connectivity index (χ0n) is 14.8. The smallest absolute Gasteiger partial charge is 0.118 e. The monoisotopic (exact) mass is 334 g/mol. The molecule has 2 aliphatic rings. The van der Waals surface area contributed by atoms with E-state index in [2.05, 4.69) is 21.9 Å². The average molecular weight is 334 g/mol. The summed E-state index contributed by atoms with van der Waals surface area (Å²) in [4.78, 5) is 5.02. The lowest BCUT2D eigenvalue weighted by Crippen LogP contribution is -2.46. The fraction of sp³-hybridized carbons (Fsp3) is 0.684. The first-order chi connectivity index (χ1) is 11.8. The summed E-state index contributed by atoms with van der Waals surface area (Å²) < 4.78 is 16.6. The summed E-state index contributed by atoms with van der Waals surface area (Å²) in [6, 6.07) is 8.39. The van der Waals surface area contributed by atoms with Crippen molar-refractivity contribution in [2.24, 2.45) is 0 Å². The SMILES string of the molecule is COc1ccc(CN2CCN(CCOC[C@H]3CCCO3)CC2)cc1. The Morgan fingerprint density at radius 1 is 1.08 bits per heavy atom. The highest BCUT2D eigenvalue weighted by Gasteiger charge is 2.18. The summed E-state index contributed by atoms with van der Waals surface area (Å²) in [6.45, 7) is 9.03. The van der Waals surface area contributed by atoms with Crippen LogP contribution < -0.4 is 4.74 Å². The van der Waals surface area contributed by atoms with Gasteiger partial charge >= 0.3 is 0 Å². The molecule has 1 aromatic rings. The van der Waals surface area contributed by atoms with Gasteiger partial charge < -0.3 is 14.2 Å². The largest absolute Gasteiger partial charge is 0.497 e. The van der Waals surface area contributed by atoms with Gasteiger partial charge in [-0.15, -0.1) is 0 Å². The number of hydrogen-bond acceptors (Lipinski definition) is 5. The van der Waals surface area contributed by atoms with Crippen LogP contribution in [0.3, 0.4) is 0 Å². The minimum absolute atomic E-state index is 0.339. The standard InChI is InChI=1S/C19H30N2O3/c1-22-18-6-4-17(5-7-18)15-21-10-8-20(9-11-21)12-14-23-16-19-3-2-13-24-19/h4-7,19H,2-3,8-16H2,1H3/t19-/m1/s1. The second-order valence-corrected chi connectivity index (χ2v) is 6.68. The Morgan fingerprint density at radius 3 is 2.50 bits per heavy atom. The van der Waals surface area contributed by atoms with Crippen molar-refractivity contribution >= 4 is 0 Å². The number of piperazine rings is 1. The fourth-order valence-electron chi connectivity index (χ4n) is 3.34. The van der Waals surface area contributed by atoms with Gasteiger partial charge in [0.1, 0.15) is 5.75 Å². The van der Waals surface area contributed by atoms with Crippen molar-refractivity contribution in [3.8, 4) is 5.75 Å². The first-order valence-electron chi connectivity index (χ1n) is 9.10. The van der Waals surface area contributed by atoms with Gasteiger partial charge in [0, 0.05) is 45.9 Å². The van der Waals surface area contributed by atoms with E-state index in [0.717, 1.165) is 71.3 Å². The number of rotatable bonds is 8. The summed E-state index contributed by atoms with van der Waals surface area (Å²) in [5.41, 5.74) is 1.35. The van der Waals surface area contributed by atoms with Crippen LogP contribution in [0.1, 0.15) is 18.4 Å². The Hall–Kier alpha value is -1.14. The summed E-state index contributed by atoms with van der Waals surface area (Å²) in [6.07, 6.45) is 2.68. The van der Waals surface area contributed by atoms with Gasteiger partial charge in [-0.05, 0) is 30.5 Å². The van der Waals surface area contributed by atoms with Crippen molar-refractivity contribution in [3.63, 3.8) is 0 Å². The van der Waals surface area contributed by atoms with Crippen LogP contribution in [-0.2, 0) is 16.0 Å². The van der Waals surface area contributed by atoms with E-state index in [-0.39, 0.29) is 0 Å². The molecule has 0 unspecified atom stereocenters. The lowest BCUT2D eigenvalue weighted by molar-refractivity contribution is 0.00611. The van der Waals surface area contributed by atoms with Crippen LogP contribution in [0.25, 0.3) is 0 Å². The van der Waals surface area contributed by atoms with Crippen LogP contribution in [0.4, 0.5) is 0 Å². The molecule has 0 aliphatic carbocycles. The summed E-state index contributed by atoms with van der Waals surface area (Å²) >= 11 is 0. The van der Waals surface area contributed by atoms with E-state index in [1.165, 1.54) is 12.0 Å². The summed E-state index contributed by atoms with van der Waals surface area (Å²) in [7, 11) is 1.71. The summed E-state index contributed by atoms with van der Waals surface area (Å²) in [5.74, 6) is 0.923. The maximum absolute atomic E-state index is 5.77. The molecule has 0 amide bonds. The number of methoxy groups -OCH3 is 1. The maximum atomic E-state index is 5.77. The minimum Gasteiger partial charge on any atom is -0.497 e. The molecule has 5 heteroatoms. The van der Waals surface area contributed by atoms with Crippen molar-refractivity contribution < 1.29 is 14.2 Å². The molecule has 2 heterocycles. The molecule has 5 nitrogen and oxygen atoms in total. The van der Waals surface area contributed by atoms with E-state index in [1.54, 1.807) is 7.11 Å². The Labute approximate surface area is 145 Å². The van der Waals surface area contributed by atoms with Gasteiger partial charge in [-0.2, -0.15) is 0 Å². The second kappa shape index (κ2) is 9.37. The van der Waals surface area contributed by atoms with Crippen molar-refractivity contribution in [2.45, 2.75) is 25.5 Å². The summed E-state index contributed by atoms with van der Waals surface area (Å²) in [5, 5.41) is 0. The van der Waals surface area contributed by atoms with Gasteiger partial charge in [0.15, 0.2) is 0 Å². The molecule has 2 saturated heterocycles. The number of hydrogen-bond donors (Lipinski definition) is 0. The van der Waals surface area contributed by atoms with Gasteiger partial charge in [-0.3, -0.25) is 9.80 Å². The van der Waals surface area contributed by atoms with Gasteiger partial charge in [0.05, 0.1) is 26.4 Å². The third-order valence-electron chi connectivity index (χ3n) is 4.91. The Bertz CT molecular complexity index is 466.